The van der Waals surface area contributed by atoms with Crippen molar-refractivity contribution in [2.75, 3.05) is 6.61 Å². The summed E-state index contributed by atoms with van der Waals surface area (Å²) in [4.78, 5) is 10.6. The number of carbonyl (C=O) groups excluding carboxylic acids is 1. The first-order valence-electron chi connectivity index (χ1n) is 7.62. The number of carbonyl (C=O) groups is 1. The maximum absolute atomic E-state index is 10.6. The molecule has 0 atom stereocenters. The number of rotatable bonds is 7. The minimum Gasteiger partial charge on any atom is -0.490 e. The molecule has 0 fully saturated rings. The van der Waals surface area contributed by atoms with Gasteiger partial charge in [-0.05, 0) is 48.7 Å². The van der Waals surface area contributed by atoms with Crippen molar-refractivity contribution in [3.05, 3.63) is 59.2 Å². The Labute approximate surface area is 141 Å². The highest BCUT2D eigenvalue weighted by Gasteiger charge is 2.07. The van der Waals surface area contributed by atoms with Crippen LogP contribution in [0.1, 0.15) is 23.6 Å². The van der Waals surface area contributed by atoms with Crippen molar-refractivity contribution in [1.82, 2.24) is 5.43 Å². The Balaban J connectivity index is 2.12. The summed E-state index contributed by atoms with van der Waals surface area (Å²) in [6.07, 6.45) is 1.48. The summed E-state index contributed by atoms with van der Waals surface area (Å²) in [7, 11) is 0. The zero-order chi connectivity index (χ0) is 17.4. The zero-order valence-corrected chi connectivity index (χ0v) is 13.8. The summed E-state index contributed by atoms with van der Waals surface area (Å²) in [5.41, 5.74) is 10.2. The molecule has 6 nitrogen and oxygen atoms in total. The predicted molar refractivity (Wildman–Crippen MR) is 93.4 cm³/mol. The molecule has 126 valence electrons. The van der Waals surface area contributed by atoms with Gasteiger partial charge in [-0.2, -0.15) is 5.10 Å². The first kappa shape index (κ1) is 17.3. The number of nitrogens with zero attached hydrogens (tertiary/aromatic N) is 1. The number of hydrogen-bond acceptors (Lipinski definition) is 4. The minimum atomic E-state index is -0.713. The minimum absolute atomic E-state index is 0.462. The van der Waals surface area contributed by atoms with Crippen LogP contribution in [0.5, 0.6) is 11.5 Å². The molecule has 0 saturated carbocycles. The Morgan fingerprint density at radius 1 is 1.21 bits per heavy atom. The number of benzene rings is 2. The number of aryl methyl sites for hydroxylation is 1. The molecular formula is C18H21N3O3. The van der Waals surface area contributed by atoms with Crippen molar-refractivity contribution in [2.45, 2.75) is 20.5 Å². The third kappa shape index (κ3) is 5.01. The van der Waals surface area contributed by atoms with Crippen LogP contribution in [0.25, 0.3) is 0 Å². The monoisotopic (exact) mass is 327 g/mol. The van der Waals surface area contributed by atoms with Gasteiger partial charge in [0.1, 0.15) is 6.61 Å². The van der Waals surface area contributed by atoms with E-state index in [1.165, 1.54) is 11.8 Å². The van der Waals surface area contributed by atoms with Crippen molar-refractivity contribution in [3.63, 3.8) is 0 Å². The fraction of sp³-hybridized carbons (Fsp3) is 0.222. The van der Waals surface area contributed by atoms with E-state index in [0.717, 1.165) is 11.1 Å². The smallest absolute Gasteiger partial charge is 0.332 e. The molecule has 24 heavy (non-hydrogen) atoms. The van der Waals surface area contributed by atoms with Gasteiger partial charge in [0, 0.05) is 0 Å². The number of amides is 2. The molecule has 0 aliphatic rings. The van der Waals surface area contributed by atoms with Gasteiger partial charge < -0.3 is 15.2 Å². The van der Waals surface area contributed by atoms with Crippen LogP contribution in [0.2, 0.25) is 0 Å². The van der Waals surface area contributed by atoms with E-state index in [0.29, 0.717) is 24.7 Å². The molecule has 2 aromatic rings. The van der Waals surface area contributed by atoms with Gasteiger partial charge in [0.15, 0.2) is 11.5 Å². The number of nitrogens with two attached hydrogens (primary N) is 1. The summed E-state index contributed by atoms with van der Waals surface area (Å²) in [5.74, 6) is 1.27. The lowest BCUT2D eigenvalue weighted by molar-refractivity contribution is 0.249. The molecule has 0 saturated heterocycles. The van der Waals surface area contributed by atoms with E-state index >= 15 is 0 Å². The van der Waals surface area contributed by atoms with E-state index in [1.54, 1.807) is 6.07 Å². The van der Waals surface area contributed by atoms with Gasteiger partial charge in [-0.1, -0.05) is 24.3 Å². The largest absolute Gasteiger partial charge is 0.490 e. The molecular weight excluding hydrogens is 306 g/mol. The molecule has 0 aliphatic carbocycles. The second kappa shape index (κ2) is 8.57. The van der Waals surface area contributed by atoms with Gasteiger partial charge in [-0.15, -0.1) is 0 Å². The van der Waals surface area contributed by atoms with Crippen LogP contribution in [0.15, 0.2) is 47.6 Å². The molecule has 0 radical (unpaired) electrons. The quantitative estimate of drug-likeness (QED) is 0.605. The van der Waals surface area contributed by atoms with E-state index in [9.17, 15) is 4.79 Å². The van der Waals surface area contributed by atoms with Crippen molar-refractivity contribution in [3.8, 4) is 11.5 Å². The summed E-state index contributed by atoms with van der Waals surface area (Å²) < 4.78 is 11.5. The van der Waals surface area contributed by atoms with Crippen LogP contribution in [0.3, 0.4) is 0 Å². The molecule has 0 aliphatic heterocycles. The second-order valence-electron chi connectivity index (χ2n) is 5.09. The molecule has 0 spiro atoms. The van der Waals surface area contributed by atoms with Crippen LogP contribution >= 0.6 is 0 Å². The Bertz CT molecular complexity index is 729. The average Bonchev–Trinajstić information content (AvgIpc) is 2.55. The molecule has 2 amide bonds. The third-order valence-electron chi connectivity index (χ3n) is 3.30. The number of nitrogens with one attached hydrogen (secondary N) is 1. The predicted octanol–water partition coefficient (Wildman–Crippen LogP) is 2.97. The van der Waals surface area contributed by atoms with Gasteiger partial charge in [0.05, 0.1) is 12.8 Å². The first-order chi connectivity index (χ1) is 11.6. The van der Waals surface area contributed by atoms with Crippen molar-refractivity contribution >= 4 is 12.2 Å². The van der Waals surface area contributed by atoms with Crippen LogP contribution in [0.4, 0.5) is 4.79 Å². The standard InChI is InChI=1S/C18H21N3O3/c1-3-23-17-10-14(11-20-21-18(19)22)8-9-16(17)24-12-15-7-5-4-6-13(15)2/h4-11H,3,12H2,1-2H3,(H3,19,21,22)/b20-11-. The Morgan fingerprint density at radius 2 is 2.00 bits per heavy atom. The highest BCUT2D eigenvalue weighted by atomic mass is 16.5. The van der Waals surface area contributed by atoms with Gasteiger partial charge in [-0.25, -0.2) is 10.2 Å². The molecule has 3 N–H and O–H groups in total. The van der Waals surface area contributed by atoms with E-state index in [2.05, 4.69) is 10.5 Å². The number of primary amides is 1. The molecule has 0 aromatic heterocycles. The number of urea groups is 1. The number of hydrogen-bond donors (Lipinski definition) is 2. The second-order valence-corrected chi connectivity index (χ2v) is 5.09. The maximum atomic E-state index is 10.6. The number of ether oxygens (including phenoxy) is 2. The topological polar surface area (TPSA) is 85.9 Å². The van der Waals surface area contributed by atoms with E-state index in [4.69, 9.17) is 15.2 Å². The summed E-state index contributed by atoms with van der Waals surface area (Å²) in [6, 6.07) is 12.8. The Kier molecular flexibility index (Phi) is 6.19. The highest BCUT2D eigenvalue weighted by Crippen LogP contribution is 2.29. The summed E-state index contributed by atoms with van der Waals surface area (Å²) in [5, 5.41) is 3.73. The molecule has 0 bridgehead atoms. The molecule has 2 aromatic carbocycles. The maximum Gasteiger partial charge on any atom is 0.332 e. The normalized spacial score (nSPS) is 10.6. The van der Waals surface area contributed by atoms with Crippen molar-refractivity contribution in [2.24, 2.45) is 10.8 Å². The SMILES string of the molecule is CCOc1cc(/C=N\NC(N)=O)ccc1OCc1ccccc1C. The lowest BCUT2D eigenvalue weighted by Gasteiger charge is -2.13. The van der Waals surface area contributed by atoms with E-state index in [-0.39, 0.29) is 0 Å². The van der Waals surface area contributed by atoms with E-state index < -0.39 is 6.03 Å². The lowest BCUT2D eigenvalue weighted by Crippen LogP contribution is -2.24. The Hall–Kier alpha value is -3.02. The Morgan fingerprint density at radius 3 is 2.71 bits per heavy atom. The average molecular weight is 327 g/mol. The molecule has 0 heterocycles. The van der Waals surface area contributed by atoms with Crippen molar-refractivity contribution in [1.29, 1.82) is 0 Å². The van der Waals surface area contributed by atoms with Crippen LogP contribution in [0, 0.1) is 6.92 Å². The van der Waals surface area contributed by atoms with Crippen molar-refractivity contribution < 1.29 is 14.3 Å². The molecule has 2 rings (SSSR count). The van der Waals surface area contributed by atoms with Gasteiger partial charge in [-0.3, -0.25) is 0 Å². The zero-order valence-electron chi connectivity index (χ0n) is 13.8. The first-order valence-corrected chi connectivity index (χ1v) is 7.62. The fourth-order valence-corrected chi connectivity index (χ4v) is 2.09. The van der Waals surface area contributed by atoms with Gasteiger partial charge in [0.25, 0.3) is 0 Å². The number of hydrazone groups is 1. The molecule has 6 heteroatoms. The highest BCUT2D eigenvalue weighted by molar-refractivity contribution is 5.82. The van der Waals surface area contributed by atoms with Crippen LogP contribution in [-0.4, -0.2) is 18.9 Å². The van der Waals surface area contributed by atoms with Gasteiger partial charge in [0.2, 0.25) is 0 Å². The third-order valence-corrected chi connectivity index (χ3v) is 3.30. The van der Waals surface area contributed by atoms with E-state index in [1.807, 2.05) is 50.2 Å². The molecule has 0 unspecified atom stereocenters. The summed E-state index contributed by atoms with van der Waals surface area (Å²) >= 11 is 0. The van der Waals surface area contributed by atoms with Crippen LogP contribution in [-0.2, 0) is 6.61 Å². The lowest BCUT2D eigenvalue weighted by atomic mass is 10.1. The summed E-state index contributed by atoms with van der Waals surface area (Å²) in [6.45, 7) is 4.93. The van der Waals surface area contributed by atoms with Gasteiger partial charge >= 0.3 is 6.03 Å². The van der Waals surface area contributed by atoms with Crippen LogP contribution < -0.4 is 20.6 Å². The fourth-order valence-electron chi connectivity index (χ4n) is 2.09.